The molecule has 8 nitrogen and oxygen atoms in total. The third kappa shape index (κ3) is 6.15. The first-order valence-electron chi connectivity index (χ1n) is 12.0. The van der Waals surface area contributed by atoms with E-state index in [-0.39, 0.29) is 17.7 Å². The van der Waals surface area contributed by atoms with E-state index < -0.39 is 0 Å². The summed E-state index contributed by atoms with van der Waals surface area (Å²) in [6.45, 7) is 4.71. The molecule has 1 fully saturated rings. The molecule has 2 heterocycles. The quantitative estimate of drug-likeness (QED) is 0.421. The first-order chi connectivity index (χ1) is 17.1. The number of piperidine rings is 1. The van der Waals surface area contributed by atoms with Crippen molar-refractivity contribution in [2.75, 3.05) is 33.1 Å². The monoisotopic (exact) mass is 495 g/mol. The van der Waals surface area contributed by atoms with Crippen LogP contribution in [0.3, 0.4) is 0 Å². The number of rotatable bonds is 10. The van der Waals surface area contributed by atoms with Gasteiger partial charge < -0.3 is 14.8 Å². The molecule has 0 saturated carbocycles. The van der Waals surface area contributed by atoms with E-state index >= 15 is 0 Å². The van der Waals surface area contributed by atoms with Crippen LogP contribution in [0.5, 0.6) is 11.5 Å². The Labute approximate surface area is 211 Å². The number of benzene rings is 2. The van der Waals surface area contributed by atoms with Gasteiger partial charge in [0.15, 0.2) is 11.0 Å². The molecule has 1 N–H and O–H groups in total. The number of aromatic nitrogens is 3. The third-order valence-electron chi connectivity index (χ3n) is 6.30. The second-order valence-corrected chi connectivity index (χ2v) is 9.47. The molecule has 1 aliphatic rings. The van der Waals surface area contributed by atoms with Crippen molar-refractivity contribution in [3.05, 3.63) is 59.9 Å². The molecule has 2 aromatic carbocycles. The fourth-order valence-corrected chi connectivity index (χ4v) is 5.10. The zero-order valence-electron chi connectivity index (χ0n) is 20.6. The zero-order valence-corrected chi connectivity index (χ0v) is 21.4. The number of carbonyl (C=O) groups excluding carboxylic acids is 1. The maximum Gasteiger partial charge on any atom is 0.230 e. The SMILES string of the molecule is COc1ccc(-n2c(SCC(=O)NCc3ccccc3OC)nnc2[C@H](C)N2CCCCC2)cc1. The summed E-state index contributed by atoms with van der Waals surface area (Å²) < 4.78 is 12.8. The number of nitrogens with one attached hydrogen (secondary N) is 1. The van der Waals surface area contributed by atoms with Gasteiger partial charge in [-0.1, -0.05) is 36.4 Å². The molecule has 0 spiro atoms. The van der Waals surface area contributed by atoms with E-state index in [4.69, 9.17) is 9.47 Å². The van der Waals surface area contributed by atoms with Gasteiger partial charge in [0, 0.05) is 17.8 Å². The van der Waals surface area contributed by atoms with E-state index in [1.807, 2.05) is 48.5 Å². The number of para-hydroxylation sites is 1. The molecule has 1 amide bonds. The Hall–Kier alpha value is -3.04. The van der Waals surface area contributed by atoms with Gasteiger partial charge in [-0.05, 0) is 63.2 Å². The van der Waals surface area contributed by atoms with Crippen molar-refractivity contribution in [1.82, 2.24) is 25.0 Å². The summed E-state index contributed by atoms with van der Waals surface area (Å²) in [5.74, 6) is 2.60. The Morgan fingerprint density at radius 2 is 1.77 bits per heavy atom. The highest BCUT2D eigenvalue weighted by Crippen LogP contribution is 2.30. The summed E-state index contributed by atoms with van der Waals surface area (Å²) in [5.41, 5.74) is 1.89. The Balaban J connectivity index is 1.50. The fourth-order valence-electron chi connectivity index (χ4n) is 4.31. The summed E-state index contributed by atoms with van der Waals surface area (Å²) in [5, 5.41) is 12.7. The van der Waals surface area contributed by atoms with Gasteiger partial charge in [-0.25, -0.2) is 0 Å². The lowest BCUT2D eigenvalue weighted by Crippen LogP contribution is -2.33. The molecule has 4 rings (SSSR count). The van der Waals surface area contributed by atoms with Crippen LogP contribution >= 0.6 is 11.8 Å². The van der Waals surface area contributed by atoms with E-state index in [0.29, 0.717) is 11.7 Å². The zero-order chi connectivity index (χ0) is 24.6. The van der Waals surface area contributed by atoms with Crippen molar-refractivity contribution in [1.29, 1.82) is 0 Å². The molecule has 1 aromatic heterocycles. The highest BCUT2D eigenvalue weighted by Gasteiger charge is 2.26. The van der Waals surface area contributed by atoms with Crippen molar-refractivity contribution in [3.63, 3.8) is 0 Å². The van der Waals surface area contributed by atoms with Gasteiger partial charge in [-0.3, -0.25) is 14.3 Å². The predicted octanol–water partition coefficient (Wildman–Crippen LogP) is 4.24. The van der Waals surface area contributed by atoms with E-state index in [9.17, 15) is 4.79 Å². The molecule has 1 aliphatic heterocycles. The van der Waals surface area contributed by atoms with Crippen LogP contribution in [0.1, 0.15) is 43.6 Å². The number of hydrogen-bond acceptors (Lipinski definition) is 7. The molecule has 186 valence electrons. The van der Waals surface area contributed by atoms with Gasteiger partial charge in [-0.15, -0.1) is 10.2 Å². The molecule has 0 bridgehead atoms. The number of carbonyl (C=O) groups is 1. The van der Waals surface area contributed by atoms with Gasteiger partial charge in [-0.2, -0.15) is 0 Å². The minimum Gasteiger partial charge on any atom is -0.497 e. The van der Waals surface area contributed by atoms with Gasteiger partial charge in [0.2, 0.25) is 5.91 Å². The van der Waals surface area contributed by atoms with Crippen LogP contribution in [0.2, 0.25) is 0 Å². The Bertz CT molecular complexity index is 1110. The Morgan fingerprint density at radius 1 is 1.03 bits per heavy atom. The summed E-state index contributed by atoms with van der Waals surface area (Å²) >= 11 is 1.39. The molecule has 9 heteroatoms. The van der Waals surface area contributed by atoms with Gasteiger partial charge in [0.05, 0.1) is 26.0 Å². The fraction of sp³-hybridized carbons (Fsp3) is 0.423. The maximum absolute atomic E-state index is 12.7. The molecular formula is C26H33N5O3S. The maximum atomic E-state index is 12.7. The molecule has 1 atom stereocenters. The number of thioether (sulfide) groups is 1. The second-order valence-electron chi connectivity index (χ2n) is 8.52. The highest BCUT2D eigenvalue weighted by molar-refractivity contribution is 7.99. The van der Waals surface area contributed by atoms with Crippen molar-refractivity contribution in [3.8, 4) is 17.2 Å². The number of amides is 1. The molecule has 0 aliphatic carbocycles. The number of methoxy groups -OCH3 is 2. The van der Waals surface area contributed by atoms with E-state index in [2.05, 4.69) is 31.9 Å². The van der Waals surface area contributed by atoms with Crippen molar-refractivity contribution >= 4 is 17.7 Å². The first-order valence-corrected chi connectivity index (χ1v) is 12.9. The van der Waals surface area contributed by atoms with Gasteiger partial charge in [0.25, 0.3) is 0 Å². The average molecular weight is 496 g/mol. The van der Waals surface area contributed by atoms with E-state index in [0.717, 1.165) is 41.7 Å². The van der Waals surface area contributed by atoms with Crippen LogP contribution in [0.25, 0.3) is 5.69 Å². The lowest BCUT2D eigenvalue weighted by Gasteiger charge is -2.31. The summed E-state index contributed by atoms with van der Waals surface area (Å²) in [6.07, 6.45) is 3.68. The largest absolute Gasteiger partial charge is 0.497 e. The normalized spacial score (nSPS) is 14.9. The number of likely N-dealkylation sites (tertiary alicyclic amines) is 1. The predicted molar refractivity (Wildman–Crippen MR) is 137 cm³/mol. The minimum atomic E-state index is -0.0733. The van der Waals surface area contributed by atoms with Crippen molar-refractivity contribution in [2.45, 2.75) is 43.9 Å². The Kier molecular flexibility index (Phi) is 8.65. The topological polar surface area (TPSA) is 81.5 Å². The molecule has 0 unspecified atom stereocenters. The third-order valence-corrected chi connectivity index (χ3v) is 7.23. The molecule has 1 saturated heterocycles. The lowest BCUT2D eigenvalue weighted by molar-refractivity contribution is -0.118. The molecule has 3 aromatic rings. The summed E-state index contributed by atoms with van der Waals surface area (Å²) in [6, 6.07) is 15.7. The number of nitrogens with zero attached hydrogens (tertiary/aromatic N) is 4. The van der Waals surface area contributed by atoms with Gasteiger partial charge >= 0.3 is 0 Å². The van der Waals surface area contributed by atoms with Crippen molar-refractivity contribution < 1.29 is 14.3 Å². The molecule has 0 radical (unpaired) electrons. The standard InChI is InChI=1S/C26H33N5O3S/c1-19(30-15-7-4-8-16-30)25-28-29-26(31(25)21-11-13-22(33-2)14-12-21)35-18-24(32)27-17-20-9-5-6-10-23(20)34-3/h5-6,9-14,19H,4,7-8,15-18H2,1-3H3,(H,27,32)/t19-/m0/s1. The van der Waals surface area contributed by atoms with Crippen LogP contribution in [-0.4, -0.2) is 58.6 Å². The van der Waals surface area contributed by atoms with Crippen LogP contribution in [-0.2, 0) is 11.3 Å². The van der Waals surface area contributed by atoms with E-state index in [1.165, 1.54) is 31.0 Å². The molecular weight excluding hydrogens is 462 g/mol. The minimum absolute atomic E-state index is 0.0733. The highest BCUT2D eigenvalue weighted by atomic mass is 32.2. The first kappa shape index (κ1) is 25.1. The summed E-state index contributed by atoms with van der Waals surface area (Å²) in [4.78, 5) is 15.1. The van der Waals surface area contributed by atoms with Crippen LogP contribution in [0.15, 0.2) is 53.7 Å². The molecule has 35 heavy (non-hydrogen) atoms. The Morgan fingerprint density at radius 3 is 2.49 bits per heavy atom. The number of hydrogen-bond donors (Lipinski definition) is 1. The second kappa shape index (κ2) is 12.1. The van der Waals surface area contributed by atoms with E-state index in [1.54, 1.807) is 14.2 Å². The number of ether oxygens (including phenoxy) is 2. The van der Waals surface area contributed by atoms with Crippen LogP contribution in [0.4, 0.5) is 0 Å². The van der Waals surface area contributed by atoms with Crippen molar-refractivity contribution in [2.24, 2.45) is 0 Å². The van der Waals surface area contributed by atoms with Gasteiger partial charge in [0.1, 0.15) is 11.5 Å². The van der Waals surface area contributed by atoms with Crippen LogP contribution in [0, 0.1) is 0 Å². The lowest BCUT2D eigenvalue weighted by atomic mass is 10.1. The van der Waals surface area contributed by atoms with Crippen LogP contribution < -0.4 is 14.8 Å². The average Bonchev–Trinajstić information content (AvgIpc) is 3.34. The summed E-state index contributed by atoms with van der Waals surface area (Å²) in [7, 11) is 3.29. The smallest absolute Gasteiger partial charge is 0.230 e.